The maximum Gasteiger partial charge on any atom is 0.261 e. The van der Waals surface area contributed by atoms with Gasteiger partial charge < -0.3 is 4.74 Å². The van der Waals surface area contributed by atoms with Crippen LogP contribution in [0.15, 0.2) is 89.2 Å². The molecule has 3 aromatic rings. The van der Waals surface area contributed by atoms with Crippen molar-refractivity contribution in [2.75, 3.05) is 16.1 Å². The molecule has 0 spiro atoms. The molecular formula is C23H24N2O5S2. The van der Waals surface area contributed by atoms with E-state index in [1.54, 1.807) is 36.4 Å². The fourth-order valence-corrected chi connectivity index (χ4v) is 4.93. The Bertz CT molecular complexity index is 1320. The molecule has 9 heteroatoms. The van der Waals surface area contributed by atoms with E-state index in [4.69, 9.17) is 4.74 Å². The van der Waals surface area contributed by atoms with Gasteiger partial charge in [-0.3, -0.25) is 9.44 Å². The molecule has 3 aromatic carbocycles. The fourth-order valence-electron chi connectivity index (χ4n) is 2.78. The van der Waals surface area contributed by atoms with Crippen LogP contribution in [0.5, 0.6) is 5.75 Å². The van der Waals surface area contributed by atoms with Crippen molar-refractivity contribution in [3.8, 4) is 5.75 Å². The summed E-state index contributed by atoms with van der Waals surface area (Å²) in [6, 6.07) is 17.0. The van der Waals surface area contributed by atoms with Crippen LogP contribution in [0, 0.1) is 13.8 Å². The van der Waals surface area contributed by atoms with E-state index in [0.29, 0.717) is 5.75 Å². The Labute approximate surface area is 188 Å². The zero-order valence-electron chi connectivity index (χ0n) is 17.7. The van der Waals surface area contributed by atoms with Crippen LogP contribution in [-0.2, 0) is 20.0 Å². The molecule has 0 aliphatic heterocycles. The van der Waals surface area contributed by atoms with E-state index in [-0.39, 0.29) is 27.8 Å². The Morgan fingerprint density at radius 3 is 1.69 bits per heavy atom. The van der Waals surface area contributed by atoms with E-state index >= 15 is 0 Å². The molecule has 0 aliphatic rings. The van der Waals surface area contributed by atoms with Gasteiger partial charge in [-0.2, -0.15) is 0 Å². The molecule has 0 saturated carbocycles. The third kappa shape index (κ3) is 5.68. The van der Waals surface area contributed by atoms with Gasteiger partial charge in [0, 0.05) is 6.07 Å². The highest BCUT2D eigenvalue weighted by atomic mass is 32.2. The maximum atomic E-state index is 12.9. The molecule has 0 bridgehead atoms. The lowest BCUT2D eigenvalue weighted by Crippen LogP contribution is -2.18. The van der Waals surface area contributed by atoms with Gasteiger partial charge in [0.25, 0.3) is 20.0 Å². The largest absolute Gasteiger partial charge is 0.489 e. The molecule has 0 radical (unpaired) electrons. The first-order valence-electron chi connectivity index (χ1n) is 9.67. The zero-order valence-corrected chi connectivity index (χ0v) is 19.3. The molecule has 168 valence electrons. The molecule has 0 unspecified atom stereocenters. The summed E-state index contributed by atoms with van der Waals surface area (Å²) in [4.78, 5) is 0.107. The first-order chi connectivity index (χ1) is 15.1. The molecule has 0 atom stereocenters. The Hall–Kier alpha value is -3.30. The van der Waals surface area contributed by atoms with E-state index in [1.165, 1.54) is 36.4 Å². The minimum Gasteiger partial charge on any atom is -0.489 e. The predicted octanol–water partition coefficient (Wildman–Crippen LogP) is 4.47. The van der Waals surface area contributed by atoms with Crippen LogP contribution in [-0.4, -0.2) is 23.4 Å². The molecule has 0 saturated heterocycles. The number of ether oxygens (including phenoxy) is 1. The van der Waals surface area contributed by atoms with Crippen LogP contribution < -0.4 is 14.2 Å². The van der Waals surface area contributed by atoms with Gasteiger partial charge in [0.15, 0.2) is 0 Å². The van der Waals surface area contributed by atoms with Crippen molar-refractivity contribution in [1.29, 1.82) is 0 Å². The summed E-state index contributed by atoms with van der Waals surface area (Å²) < 4.78 is 62.0. The summed E-state index contributed by atoms with van der Waals surface area (Å²) in [5, 5.41) is 0. The van der Waals surface area contributed by atoms with Crippen LogP contribution in [0.3, 0.4) is 0 Å². The SMILES string of the molecule is C=CCOc1ccc(NS(=O)(=O)c2ccc(C)cc2)c(NS(=O)(=O)c2ccc(C)cc2)c1. The van der Waals surface area contributed by atoms with E-state index in [2.05, 4.69) is 16.0 Å². The summed E-state index contributed by atoms with van der Waals surface area (Å²) in [7, 11) is -7.93. The fraction of sp³-hybridized carbons (Fsp3) is 0.130. The van der Waals surface area contributed by atoms with Crippen molar-refractivity contribution in [3.05, 3.63) is 90.5 Å². The molecule has 2 N–H and O–H groups in total. The van der Waals surface area contributed by atoms with Gasteiger partial charge >= 0.3 is 0 Å². The summed E-state index contributed by atoms with van der Waals surface area (Å²) >= 11 is 0. The van der Waals surface area contributed by atoms with Gasteiger partial charge in [-0.25, -0.2) is 16.8 Å². The summed E-state index contributed by atoms with van der Waals surface area (Å²) in [5.41, 5.74) is 1.92. The molecule has 0 aliphatic carbocycles. The predicted molar refractivity (Wildman–Crippen MR) is 126 cm³/mol. The van der Waals surface area contributed by atoms with Crippen LogP contribution in [0.4, 0.5) is 11.4 Å². The smallest absolute Gasteiger partial charge is 0.261 e. The number of aryl methyl sites for hydroxylation is 2. The highest BCUT2D eigenvalue weighted by molar-refractivity contribution is 7.93. The van der Waals surface area contributed by atoms with Gasteiger partial charge in [-0.1, -0.05) is 48.0 Å². The van der Waals surface area contributed by atoms with Crippen molar-refractivity contribution in [1.82, 2.24) is 0 Å². The summed E-state index contributed by atoms with van der Waals surface area (Å²) in [6.07, 6.45) is 1.55. The van der Waals surface area contributed by atoms with Crippen LogP contribution in [0.2, 0.25) is 0 Å². The highest BCUT2D eigenvalue weighted by Gasteiger charge is 2.20. The normalized spacial score (nSPS) is 11.6. The zero-order chi connectivity index (χ0) is 23.4. The topological polar surface area (TPSA) is 102 Å². The standard InChI is InChI=1S/C23H24N2O5S2/c1-4-15-30-19-9-14-22(24-31(26,27)20-10-5-17(2)6-11-20)23(16-19)25-32(28,29)21-12-7-18(3)8-13-21/h4-14,16,24-25H,1,15H2,2-3H3. The van der Waals surface area contributed by atoms with E-state index in [0.717, 1.165) is 11.1 Å². The number of sulfonamides is 2. The second kappa shape index (κ2) is 9.46. The van der Waals surface area contributed by atoms with Gasteiger partial charge in [-0.15, -0.1) is 0 Å². The molecule has 0 aromatic heterocycles. The lowest BCUT2D eigenvalue weighted by Gasteiger charge is -2.16. The molecule has 0 fully saturated rings. The summed E-state index contributed by atoms with van der Waals surface area (Å²) in [6.45, 7) is 7.49. The van der Waals surface area contributed by atoms with Gasteiger partial charge in [-0.05, 0) is 50.2 Å². The van der Waals surface area contributed by atoms with E-state index < -0.39 is 20.0 Å². The Balaban J connectivity index is 1.99. The number of hydrogen-bond donors (Lipinski definition) is 2. The van der Waals surface area contributed by atoms with E-state index in [1.807, 2.05) is 13.8 Å². The van der Waals surface area contributed by atoms with E-state index in [9.17, 15) is 16.8 Å². The Morgan fingerprint density at radius 2 is 1.22 bits per heavy atom. The van der Waals surface area contributed by atoms with Crippen LogP contribution in [0.25, 0.3) is 0 Å². The Kier molecular flexibility index (Phi) is 6.90. The lowest BCUT2D eigenvalue weighted by atomic mass is 10.2. The average molecular weight is 473 g/mol. The molecule has 0 amide bonds. The third-order valence-corrected chi connectivity index (χ3v) is 7.27. The average Bonchev–Trinajstić information content (AvgIpc) is 2.74. The third-order valence-electron chi connectivity index (χ3n) is 4.51. The molecule has 32 heavy (non-hydrogen) atoms. The number of rotatable bonds is 9. The van der Waals surface area contributed by atoms with Crippen molar-refractivity contribution in [3.63, 3.8) is 0 Å². The van der Waals surface area contributed by atoms with Crippen molar-refractivity contribution >= 4 is 31.4 Å². The molecule has 0 heterocycles. The first kappa shape index (κ1) is 23.4. The maximum absolute atomic E-state index is 12.9. The highest BCUT2D eigenvalue weighted by Crippen LogP contribution is 2.31. The quantitative estimate of drug-likeness (QED) is 0.448. The van der Waals surface area contributed by atoms with Crippen LogP contribution >= 0.6 is 0 Å². The van der Waals surface area contributed by atoms with Crippen molar-refractivity contribution in [2.24, 2.45) is 0 Å². The minimum atomic E-state index is -3.98. The van der Waals surface area contributed by atoms with Gasteiger partial charge in [0.05, 0.1) is 21.2 Å². The van der Waals surface area contributed by atoms with Crippen molar-refractivity contribution in [2.45, 2.75) is 23.6 Å². The molecule has 3 rings (SSSR count). The monoisotopic (exact) mass is 472 g/mol. The minimum absolute atomic E-state index is 0.0304. The second-order valence-electron chi connectivity index (χ2n) is 7.14. The molecule has 7 nitrogen and oxygen atoms in total. The number of nitrogens with one attached hydrogen (secondary N) is 2. The number of anilines is 2. The van der Waals surface area contributed by atoms with Crippen molar-refractivity contribution < 1.29 is 21.6 Å². The van der Waals surface area contributed by atoms with Crippen LogP contribution in [0.1, 0.15) is 11.1 Å². The number of hydrogen-bond acceptors (Lipinski definition) is 5. The Morgan fingerprint density at radius 1 is 0.750 bits per heavy atom. The lowest BCUT2D eigenvalue weighted by molar-refractivity contribution is 0.363. The van der Waals surface area contributed by atoms with Gasteiger partial charge in [0.1, 0.15) is 12.4 Å². The second-order valence-corrected chi connectivity index (χ2v) is 10.5. The number of benzene rings is 3. The summed E-state index contributed by atoms with van der Waals surface area (Å²) in [5.74, 6) is 0.352. The first-order valence-corrected chi connectivity index (χ1v) is 12.6. The van der Waals surface area contributed by atoms with Gasteiger partial charge in [0.2, 0.25) is 0 Å². The molecular weight excluding hydrogens is 448 g/mol.